The first-order valence-corrected chi connectivity index (χ1v) is 7.62. The smallest absolute Gasteiger partial charge is 0.346 e. The average molecular weight is 304 g/mol. The quantitative estimate of drug-likeness (QED) is 0.806. The molecule has 21 heavy (non-hydrogen) atoms. The van der Waals surface area contributed by atoms with E-state index in [9.17, 15) is 14.3 Å². The predicted octanol–water partition coefficient (Wildman–Crippen LogP) is 2.10. The molecule has 1 N–H and O–H groups in total. The Hall–Kier alpha value is -0.720. The maximum Gasteiger partial charge on any atom is 0.346 e. The lowest BCUT2D eigenvalue weighted by atomic mass is 9.95. The topological polar surface area (TPSA) is 65.0 Å². The van der Waals surface area contributed by atoms with Crippen molar-refractivity contribution in [1.82, 2.24) is 0 Å². The zero-order valence-electron chi connectivity index (χ0n) is 12.9. The van der Waals surface area contributed by atoms with Gasteiger partial charge < -0.3 is 19.3 Å². The van der Waals surface area contributed by atoms with E-state index in [-0.39, 0.29) is 12.7 Å². The van der Waals surface area contributed by atoms with Gasteiger partial charge >= 0.3 is 5.97 Å². The van der Waals surface area contributed by atoms with Crippen molar-refractivity contribution in [3.05, 3.63) is 0 Å². The fourth-order valence-electron chi connectivity index (χ4n) is 2.79. The second-order valence-corrected chi connectivity index (χ2v) is 6.55. The highest BCUT2D eigenvalue weighted by Gasteiger charge is 2.51. The Bertz CT molecular complexity index is 376. The van der Waals surface area contributed by atoms with Gasteiger partial charge in [-0.25, -0.2) is 9.18 Å². The molecule has 0 unspecified atom stereocenters. The van der Waals surface area contributed by atoms with E-state index >= 15 is 0 Å². The van der Waals surface area contributed by atoms with E-state index in [0.29, 0.717) is 0 Å². The van der Waals surface area contributed by atoms with Crippen LogP contribution in [-0.2, 0) is 19.0 Å². The van der Waals surface area contributed by atoms with Gasteiger partial charge in [0, 0.05) is 0 Å². The van der Waals surface area contributed by atoms with Crippen LogP contribution in [-0.4, -0.2) is 47.5 Å². The molecule has 122 valence electrons. The number of aliphatic hydroxyl groups is 1. The first kappa shape index (κ1) is 16.6. The molecule has 2 aliphatic rings. The van der Waals surface area contributed by atoms with Crippen LogP contribution in [0.1, 0.15) is 52.9 Å². The van der Waals surface area contributed by atoms with Gasteiger partial charge in [0.05, 0.1) is 6.61 Å². The van der Waals surface area contributed by atoms with Crippen LogP contribution in [0, 0.1) is 0 Å². The number of rotatable bonds is 4. The van der Waals surface area contributed by atoms with Crippen molar-refractivity contribution < 1.29 is 28.5 Å². The van der Waals surface area contributed by atoms with E-state index in [1.165, 1.54) is 0 Å². The van der Waals surface area contributed by atoms with Crippen LogP contribution >= 0.6 is 0 Å². The summed E-state index contributed by atoms with van der Waals surface area (Å²) in [5.74, 6) is -1.90. The highest BCUT2D eigenvalue weighted by Crippen LogP contribution is 2.31. The highest BCUT2D eigenvalue weighted by atomic mass is 19.1. The number of ether oxygens (including phenoxy) is 3. The van der Waals surface area contributed by atoms with Gasteiger partial charge in [-0.2, -0.15) is 0 Å². The summed E-state index contributed by atoms with van der Waals surface area (Å²) in [6.07, 6.45) is 1.86. The fraction of sp³-hybridized carbons (Fsp3) is 0.933. The van der Waals surface area contributed by atoms with Crippen LogP contribution in [0.3, 0.4) is 0 Å². The molecule has 0 spiro atoms. The van der Waals surface area contributed by atoms with E-state index in [1.54, 1.807) is 13.8 Å². The number of carbonyl (C=O) groups excluding carboxylic acids is 1. The standard InChI is InChI=1S/C15H25FO5/c1-14(2)19-9-11(21-14)12(17)15(3,16)13(18)20-10-7-5-4-6-8-10/h10-12,17H,4-9H2,1-3H3/t11-,12+,15+/m1/s1. The molecule has 2 fully saturated rings. The zero-order valence-corrected chi connectivity index (χ0v) is 12.9. The number of hydrogen-bond donors (Lipinski definition) is 1. The van der Waals surface area contributed by atoms with Crippen molar-refractivity contribution in [2.75, 3.05) is 6.61 Å². The van der Waals surface area contributed by atoms with Gasteiger partial charge in [0.25, 0.3) is 0 Å². The van der Waals surface area contributed by atoms with E-state index in [0.717, 1.165) is 39.0 Å². The Morgan fingerprint density at radius 1 is 1.38 bits per heavy atom. The second-order valence-electron chi connectivity index (χ2n) is 6.55. The summed E-state index contributed by atoms with van der Waals surface area (Å²) >= 11 is 0. The van der Waals surface area contributed by atoms with Crippen molar-refractivity contribution >= 4 is 5.97 Å². The van der Waals surface area contributed by atoms with E-state index in [2.05, 4.69) is 0 Å². The summed E-state index contributed by atoms with van der Waals surface area (Å²) in [4.78, 5) is 12.0. The average Bonchev–Trinajstić information content (AvgIpc) is 2.79. The van der Waals surface area contributed by atoms with E-state index in [1.807, 2.05) is 0 Å². The summed E-state index contributed by atoms with van der Waals surface area (Å²) in [6.45, 7) is 4.44. The first-order valence-electron chi connectivity index (χ1n) is 7.62. The number of alkyl halides is 1. The minimum atomic E-state index is -2.51. The minimum Gasteiger partial charge on any atom is -0.460 e. The number of esters is 1. The normalized spacial score (nSPS) is 30.6. The maximum atomic E-state index is 14.7. The second kappa shape index (κ2) is 6.18. The molecule has 0 radical (unpaired) electrons. The molecule has 0 amide bonds. The van der Waals surface area contributed by atoms with Crippen LogP contribution in [0.2, 0.25) is 0 Å². The van der Waals surface area contributed by atoms with Gasteiger partial charge in [-0.15, -0.1) is 0 Å². The number of hydrogen-bond acceptors (Lipinski definition) is 5. The predicted molar refractivity (Wildman–Crippen MR) is 73.4 cm³/mol. The third kappa shape index (κ3) is 3.93. The monoisotopic (exact) mass is 304 g/mol. The molecule has 1 aliphatic carbocycles. The van der Waals surface area contributed by atoms with Crippen LogP contribution in [0.15, 0.2) is 0 Å². The van der Waals surface area contributed by atoms with Gasteiger partial charge in [-0.05, 0) is 46.5 Å². The van der Waals surface area contributed by atoms with E-state index in [4.69, 9.17) is 14.2 Å². The number of carbonyl (C=O) groups is 1. The lowest BCUT2D eigenvalue weighted by Gasteiger charge is -2.31. The molecule has 0 aromatic heterocycles. The molecule has 0 aromatic carbocycles. The van der Waals surface area contributed by atoms with Gasteiger partial charge in [-0.3, -0.25) is 0 Å². The molecule has 1 aliphatic heterocycles. The number of aliphatic hydroxyl groups excluding tert-OH is 1. The molecule has 0 aromatic rings. The lowest BCUT2D eigenvalue weighted by molar-refractivity contribution is -0.187. The summed E-state index contributed by atoms with van der Waals surface area (Å²) in [7, 11) is 0. The minimum absolute atomic E-state index is 0.0460. The molecular weight excluding hydrogens is 279 g/mol. The Kier molecular flexibility index (Phi) is 4.90. The van der Waals surface area contributed by atoms with Crippen LogP contribution < -0.4 is 0 Å². The SMILES string of the molecule is CC1(C)OC[C@H]([C@H](O)[C@](C)(F)C(=O)OC2CCCCC2)O1. The molecule has 3 atom stereocenters. The van der Waals surface area contributed by atoms with Gasteiger partial charge in [-0.1, -0.05) is 6.42 Å². The molecule has 2 rings (SSSR count). The molecule has 1 saturated carbocycles. The largest absolute Gasteiger partial charge is 0.460 e. The molecule has 1 heterocycles. The lowest BCUT2D eigenvalue weighted by Crippen LogP contribution is -2.52. The summed E-state index contributed by atoms with van der Waals surface area (Å²) in [6, 6.07) is 0. The van der Waals surface area contributed by atoms with Crippen molar-refractivity contribution in [2.45, 2.75) is 82.6 Å². The summed E-state index contributed by atoms with van der Waals surface area (Å²) in [5.41, 5.74) is -2.51. The Morgan fingerprint density at radius 2 is 2.00 bits per heavy atom. The zero-order chi connectivity index (χ0) is 15.7. The maximum absolute atomic E-state index is 14.7. The van der Waals surface area contributed by atoms with Crippen molar-refractivity contribution in [1.29, 1.82) is 0 Å². The molecule has 0 bridgehead atoms. The summed E-state index contributed by atoms with van der Waals surface area (Å²) in [5, 5.41) is 10.1. The van der Waals surface area contributed by atoms with Gasteiger partial charge in [0.15, 0.2) is 5.79 Å². The summed E-state index contributed by atoms with van der Waals surface area (Å²) < 4.78 is 30.6. The number of halogens is 1. The third-order valence-electron chi connectivity index (χ3n) is 4.16. The molecule has 6 heteroatoms. The van der Waals surface area contributed by atoms with Gasteiger partial charge in [0.1, 0.15) is 18.3 Å². The Balaban J connectivity index is 1.94. The first-order chi connectivity index (χ1) is 9.72. The molecule has 1 saturated heterocycles. The Labute approximate surface area is 124 Å². The molecule has 5 nitrogen and oxygen atoms in total. The van der Waals surface area contributed by atoms with Crippen LogP contribution in [0.25, 0.3) is 0 Å². The Morgan fingerprint density at radius 3 is 2.52 bits per heavy atom. The van der Waals surface area contributed by atoms with Crippen molar-refractivity contribution in [3.8, 4) is 0 Å². The third-order valence-corrected chi connectivity index (χ3v) is 4.16. The fourth-order valence-corrected chi connectivity index (χ4v) is 2.79. The molecular formula is C15H25FO5. The van der Waals surface area contributed by atoms with Crippen LogP contribution in [0.5, 0.6) is 0 Å². The van der Waals surface area contributed by atoms with Crippen molar-refractivity contribution in [2.24, 2.45) is 0 Å². The van der Waals surface area contributed by atoms with Crippen molar-refractivity contribution in [3.63, 3.8) is 0 Å². The van der Waals surface area contributed by atoms with Gasteiger partial charge in [0.2, 0.25) is 5.67 Å². The highest BCUT2D eigenvalue weighted by molar-refractivity contribution is 5.80. The van der Waals surface area contributed by atoms with E-state index < -0.39 is 29.6 Å². The van der Waals surface area contributed by atoms with Crippen LogP contribution in [0.4, 0.5) is 4.39 Å².